The number of nitrogens with zero attached hydrogens (tertiary/aromatic N) is 1. The Labute approximate surface area is 94.5 Å². The highest BCUT2D eigenvalue weighted by molar-refractivity contribution is 5.59. The molecule has 3 heteroatoms. The molecule has 0 fully saturated rings. The first-order chi connectivity index (χ1) is 7.70. The maximum Gasteiger partial charge on any atom is 0.123 e. The largest absolute Gasteiger partial charge is 0.282 e. The van der Waals surface area contributed by atoms with E-state index in [2.05, 4.69) is 24.0 Å². The monoisotopic (exact) mass is 218 g/mol. The van der Waals surface area contributed by atoms with E-state index in [-0.39, 0.29) is 5.82 Å². The van der Waals surface area contributed by atoms with Crippen molar-refractivity contribution < 1.29 is 4.39 Å². The van der Waals surface area contributed by atoms with Crippen LogP contribution in [0, 0.1) is 5.82 Å². The van der Waals surface area contributed by atoms with Crippen LogP contribution in [0.15, 0.2) is 30.3 Å². The van der Waals surface area contributed by atoms with Gasteiger partial charge in [-0.05, 0) is 42.7 Å². The molecule has 2 nitrogen and oxygen atoms in total. The maximum atomic E-state index is 12.8. The molecule has 2 aromatic rings. The highest BCUT2D eigenvalue weighted by Gasteiger charge is 2.08. The molecular formula is C13H15FN2. The third-order valence-corrected chi connectivity index (χ3v) is 2.88. The number of nitrogens with one attached hydrogen (secondary N) is 1. The highest BCUT2D eigenvalue weighted by atomic mass is 19.1. The molecule has 1 unspecified atom stereocenters. The lowest BCUT2D eigenvalue weighted by molar-refractivity contribution is 0.628. The van der Waals surface area contributed by atoms with E-state index in [1.807, 2.05) is 6.07 Å². The highest BCUT2D eigenvalue weighted by Crippen LogP contribution is 2.23. The molecule has 0 aliphatic carbocycles. The third kappa shape index (κ3) is 2.13. The fraction of sp³-hybridized carbons (Fsp3) is 0.308. The Balaban J connectivity index is 2.28. The van der Waals surface area contributed by atoms with E-state index < -0.39 is 0 Å². The number of aromatic amines is 1. The number of H-pyrrole nitrogens is 1. The van der Waals surface area contributed by atoms with Crippen molar-refractivity contribution in [1.82, 2.24) is 10.2 Å². The summed E-state index contributed by atoms with van der Waals surface area (Å²) in [5, 5.41) is 7.26. The molecule has 0 radical (unpaired) electrons. The van der Waals surface area contributed by atoms with Gasteiger partial charge in [0.2, 0.25) is 0 Å². The fourth-order valence-electron chi connectivity index (χ4n) is 1.58. The molecule has 1 aromatic heterocycles. The van der Waals surface area contributed by atoms with Gasteiger partial charge in [-0.2, -0.15) is 5.10 Å². The van der Waals surface area contributed by atoms with Gasteiger partial charge < -0.3 is 0 Å². The van der Waals surface area contributed by atoms with Crippen molar-refractivity contribution in [2.75, 3.05) is 0 Å². The summed E-state index contributed by atoms with van der Waals surface area (Å²) in [6, 6.07) is 8.42. The van der Waals surface area contributed by atoms with Crippen molar-refractivity contribution >= 4 is 0 Å². The molecular weight excluding hydrogens is 203 g/mol. The van der Waals surface area contributed by atoms with E-state index in [1.54, 1.807) is 12.1 Å². The molecule has 0 bridgehead atoms. The van der Waals surface area contributed by atoms with Gasteiger partial charge in [-0.3, -0.25) is 5.10 Å². The summed E-state index contributed by atoms with van der Waals surface area (Å²) in [7, 11) is 0. The van der Waals surface area contributed by atoms with Crippen LogP contribution in [0.3, 0.4) is 0 Å². The number of benzene rings is 1. The SMILES string of the molecule is CCC(C)c1cc(-c2ccc(F)cc2)n[nH]1. The second-order valence-corrected chi connectivity index (χ2v) is 4.02. The summed E-state index contributed by atoms with van der Waals surface area (Å²) >= 11 is 0. The lowest BCUT2D eigenvalue weighted by Crippen LogP contribution is -1.90. The van der Waals surface area contributed by atoms with Crippen LogP contribution in [0.1, 0.15) is 31.9 Å². The first-order valence-corrected chi connectivity index (χ1v) is 5.52. The average Bonchev–Trinajstić information content (AvgIpc) is 2.78. The smallest absolute Gasteiger partial charge is 0.123 e. The van der Waals surface area contributed by atoms with Crippen molar-refractivity contribution in [3.05, 3.63) is 41.8 Å². The molecule has 16 heavy (non-hydrogen) atoms. The molecule has 0 amide bonds. The van der Waals surface area contributed by atoms with Crippen LogP contribution < -0.4 is 0 Å². The van der Waals surface area contributed by atoms with Crippen LogP contribution in [0.5, 0.6) is 0 Å². The molecule has 2 rings (SSSR count). The third-order valence-electron chi connectivity index (χ3n) is 2.88. The van der Waals surface area contributed by atoms with Crippen LogP contribution in [0.2, 0.25) is 0 Å². The van der Waals surface area contributed by atoms with Crippen LogP contribution in [-0.4, -0.2) is 10.2 Å². The minimum absolute atomic E-state index is 0.221. The first-order valence-electron chi connectivity index (χ1n) is 5.52. The van der Waals surface area contributed by atoms with Gasteiger partial charge in [-0.25, -0.2) is 4.39 Å². The van der Waals surface area contributed by atoms with Gasteiger partial charge in [-0.1, -0.05) is 13.8 Å². The summed E-state index contributed by atoms with van der Waals surface area (Å²) in [5.41, 5.74) is 2.93. The van der Waals surface area contributed by atoms with Crippen molar-refractivity contribution in [1.29, 1.82) is 0 Å². The first kappa shape index (κ1) is 10.9. The van der Waals surface area contributed by atoms with Crippen LogP contribution in [0.4, 0.5) is 4.39 Å². The summed E-state index contributed by atoms with van der Waals surface area (Å²) in [6.07, 6.45) is 1.07. The van der Waals surface area contributed by atoms with Gasteiger partial charge >= 0.3 is 0 Å². The minimum Gasteiger partial charge on any atom is -0.282 e. The van der Waals surface area contributed by atoms with Gasteiger partial charge in [-0.15, -0.1) is 0 Å². The molecule has 1 heterocycles. The topological polar surface area (TPSA) is 28.7 Å². The zero-order valence-electron chi connectivity index (χ0n) is 9.50. The standard InChI is InChI=1S/C13H15FN2/c1-3-9(2)12-8-13(16-15-12)10-4-6-11(14)7-5-10/h4-9H,3H2,1-2H3,(H,15,16). The molecule has 0 saturated carbocycles. The molecule has 0 saturated heterocycles. The normalized spacial score (nSPS) is 12.7. The Morgan fingerprint density at radius 2 is 2.00 bits per heavy atom. The predicted octanol–water partition coefficient (Wildman–Crippen LogP) is 3.73. The fourth-order valence-corrected chi connectivity index (χ4v) is 1.58. The van der Waals surface area contributed by atoms with Crippen molar-refractivity contribution in [2.45, 2.75) is 26.2 Å². The van der Waals surface area contributed by atoms with Gasteiger partial charge in [0.05, 0.1) is 5.69 Å². The second-order valence-electron chi connectivity index (χ2n) is 4.02. The summed E-state index contributed by atoms with van der Waals surface area (Å²) in [5.74, 6) is 0.253. The zero-order chi connectivity index (χ0) is 11.5. The molecule has 1 N–H and O–H groups in total. The molecule has 0 aliphatic rings. The number of hydrogen-bond donors (Lipinski definition) is 1. The average molecular weight is 218 g/mol. The van der Waals surface area contributed by atoms with Crippen LogP contribution >= 0.6 is 0 Å². The van der Waals surface area contributed by atoms with E-state index >= 15 is 0 Å². The molecule has 1 aromatic carbocycles. The Kier molecular flexibility index (Phi) is 3.04. The Bertz CT molecular complexity index is 459. The van der Waals surface area contributed by atoms with Gasteiger partial charge in [0, 0.05) is 11.3 Å². The number of rotatable bonds is 3. The maximum absolute atomic E-state index is 12.8. The Hall–Kier alpha value is -1.64. The zero-order valence-corrected chi connectivity index (χ0v) is 9.50. The lowest BCUT2D eigenvalue weighted by Gasteiger charge is -2.02. The van der Waals surface area contributed by atoms with Crippen LogP contribution in [0.25, 0.3) is 11.3 Å². The van der Waals surface area contributed by atoms with Crippen molar-refractivity contribution in [3.63, 3.8) is 0 Å². The van der Waals surface area contributed by atoms with E-state index in [9.17, 15) is 4.39 Å². The molecule has 84 valence electrons. The summed E-state index contributed by atoms with van der Waals surface area (Å²) in [4.78, 5) is 0. The molecule has 0 aliphatic heterocycles. The van der Waals surface area contributed by atoms with E-state index in [0.717, 1.165) is 23.4 Å². The second kappa shape index (κ2) is 4.47. The number of aromatic nitrogens is 2. The van der Waals surface area contributed by atoms with Gasteiger partial charge in [0.1, 0.15) is 5.82 Å². The Morgan fingerprint density at radius 3 is 2.62 bits per heavy atom. The predicted molar refractivity (Wildman–Crippen MR) is 62.7 cm³/mol. The molecule has 0 spiro atoms. The Morgan fingerprint density at radius 1 is 1.31 bits per heavy atom. The van der Waals surface area contributed by atoms with Crippen molar-refractivity contribution in [2.24, 2.45) is 0 Å². The number of halogens is 1. The molecule has 1 atom stereocenters. The lowest BCUT2D eigenvalue weighted by atomic mass is 10.0. The van der Waals surface area contributed by atoms with E-state index in [0.29, 0.717) is 5.92 Å². The van der Waals surface area contributed by atoms with Crippen LogP contribution in [-0.2, 0) is 0 Å². The summed E-state index contributed by atoms with van der Waals surface area (Å²) in [6.45, 7) is 4.30. The number of hydrogen-bond acceptors (Lipinski definition) is 1. The van der Waals surface area contributed by atoms with Gasteiger partial charge in [0.15, 0.2) is 0 Å². The van der Waals surface area contributed by atoms with Crippen molar-refractivity contribution in [3.8, 4) is 11.3 Å². The van der Waals surface area contributed by atoms with E-state index in [1.165, 1.54) is 12.1 Å². The summed E-state index contributed by atoms with van der Waals surface area (Å²) < 4.78 is 12.8. The van der Waals surface area contributed by atoms with Gasteiger partial charge in [0.25, 0.3) is 0 Å². The van der Waals surface area contributed by atoms with E-state index in [4.69, 9.17) is 0 Å². The quantitative estimate of drug-likeness (QED) is 0.835. The minimum atomic E-state index is -0.221.